The normalized spacial score (nSPS) is 19.8. The van der Waals surface area contributed by atoms with Gasteiger partial charge in [0.2, 0.25) is 0 Å². The fourth-order valence-corrected chi connectivity index (χ4v) is 3.58. The summed E-state index contributed by atoms with van der Waals surface area (Å²) in [6.07, 6.45) is 8.80. The molecule has 1 aromatic rings. The minimum Gasteiger partial charge on any atom is -0.357 e. The Kier molecular flexibility index (Phi) is 5.18. The van der Waals surface area contributed by atoms with Crippen LogP contribution in [0.25, 0.3) is 0 Å². The third kappa shape index (κ3) is 3.67. The highest BCUT2D eigenvalue weighted by molar-refractivity contribution is 5.79. The van der Waals surface area contributed by atoms with Crippen LogP contribution in [-0.2, 0) is 19.5 Å². The molecule has 0 amide bonds. The van der Waals surface area contributed by atoms with Gasteiger partial charge in [-0.15, -0.1) is 10.2 Å². The first-order chi connectivity index (χ1) is 11.3. The van der Waals surface area contributed by atoms with E-state index in [1.807, 2.05) is 0 Å². The van der Waals surface area contributed by atoms with Crippen molar-refractivity contribution >= 4 is 5.96 Å². The van der Waals surface area contributed by atoms with Crippen LogP contribution in [0.15, 0.2) is 4.99 Å². The zero-order valence-electron chi connectivity index (χ0n) is 14.6. The summed E-state index contributed by atoms with van der Waals surface area (Å²) in [5, 5.41) is 15.5. The SMILES string of the molecule is CCNC(=NCc1nnc2n1CCCC2)NCC1(CC)CCC1. The van der Waals surface area contributed by atoms with Crippen LogP contribution in [0.3, 0.4) is 0 Å². The van der Waals surface area contributed by atoms with Crippen molar-refractivity contribution in [1.29, 1.82) is 0 Å². The van der Waals surface area contributed by atoms with Gasteiger partial charge < -0.3 is 15.2 Å². The second kappa shape index (κ2) is 7.32. The van der Waals surface area contributed by atoms with E-state index >= 15 is 0 Å². The van der Waals surface area contributed by atoms with Crippen molar-refractivity contribution in [3.8, 4) is 0 Å². The molecule has 0 atom stereocenters. The van der Waals surface area contributed by atoms with Crippen molar-refractivity contribution in [3.63, 3.8) is 0 Å². The highest BCUT2D eigenvalue weighted by Crippen LogP contribution is 2.42. The van der Waals surface area contributed by atoms with Gasteiger partial charge in [0.1, 0.15) is 12.4 Å². The van der Waals surface area contributed by atoms with E-state index in [1.54, 1.807) is 0 Å². The maximum atomic E-state index is 4.73. The largest absolute Gasteiger partial charge is 0.357 e. The minimum atomic E-state index is 0.490. The molecule has 1 aromatic heterocycles. The average molecular weight is 318 g/mol. The number of nitrogens with zero attached hydrogens (tertiary/aromatic N) is 4. The first kappa shape index (κ1) is 16.3. The number of aromatic nitrogens is 3. The van der Waals surface area contributed by atoms with Crippen molar-refractivity contribution in [3.05, 3.63) is 11.6 Å². The topological polar surface area (TPSA) is 67.1 Å². The molecule has 2 N–H and O–H groups in total. The van der Waals surface area contributed by atoms with Gasteiger partial charge in [-0.05, 0) is 44.4 Å². The molecule has 1 saturated carbocycles. The molecule has 0 radical (unpaired) electrons. The summed E-state index contributed by atoms with van der Waals surface area (Å²) in [5.41, 5.74) is 0.490. The maximum Gasteiger partial charge on any atom is 0.191 e. The summed E-state index contributed by atoms with van der Waals surface area (Å²) in [6.45, 7) is 7.94. The van der Waals surface area contributed by atoms with Crippen LogP contribution >= 0.6 is 0 Å². The van der Waals surface area contributed by atoms with Crippen molar-refractivity contribution in [2.45, 2.75) is 71.9 Å². The van der Waals surface area contributed by atoms with Gasteiger partial charge in [-0.1, -0.05) is 13.3 Å². The van der Waals surface area contributed by atoms with Crippen molar-refractivity contribution in [2.24, 2.45) is 10.4 Å². The smallest absolute Gasteiger partial charge is 0.191 e. The predicted octanol–water partition coefficient (Wildman–Crippen LogP) is 2.25. The summed E-state index contributed by atoms with van der Waals surface area (Å²) >= 11 is 0. The van der Waals surface area contributed by atoms with Gasteiger partial charge in [0, 0.05) is 26.1 Å². The van der Waals surface area contributed by atoms with Crippen molar-refractivity contribution < 1.29 is 0 Å². The fraction of sp³-hybridized carbons (Fsp3) is 0.824. The summed E-state index contributed by atoms with van der Waals surface area (Å²) < 4.78 is 2.25. The quantitative estimate of drug-likeness (QED) is 0.623. The first-order valence-electron chi connectivity index (χ1n) is 9.19. The molecular weight excluding hydrogens is 288 g/mol. The van der Waals surface area contributed by atoms with Gasteiger partial charge in [0.15, 0.2) is 11.8 Å². The van der Waals surface area contributed by atoms with Gasteiger partial charge in [-0.3, -0.25) is 0 Å². The third-order valence-electron chi connectivity index (χ3n) is 5.45. The summed E-state index contributed by atoms with van der Waals surface area (Å²) in [4.78, 5) is 4.73. The highest BCUT2D eigenvalue weighted by Gasteiger charge is 2.34. The Balaban J connectivity index is 1.61. The molecule has 6 nitrogen and oxygen atoms in total. The molecule has 2 heterocycles. The minimum absolute atomic E-state index is 0.490. The van der Waals surface area contributed by atoms with Gasteiger partial charge in [-0.2, -0.15) is 0 Å². The predicted molar refractivity (Wildman–Crippen MR) is 92.4 cm³/mol. The lowest BCUT2D eigenvalue weighted by atomic mass is 9.67. The molecule has 3 rings (SSSR count). The Morgan fingerprint density at radius 3 is 2.74 bits per heavy atom. The second-order valence-electron chi connectivity index (χ2n) is 6.90. The Morgan fingerprint density at radius 1 is 1.17 bits per heavy atom. The number of hydrogen-bond acceptors (Lipinski definition) is 3. The summed E-state index contributed by atoms with van der Waals surface area (Å²) in [6, 6.07) is 0. The van der Waals surface area contributed by atoms with E-state index in [0.717, 1.165) is 43.7 Å². The van der Waals surface area contributed by atoms with Crippen LogP contribution in [0.4, 0.5) is 0 Å². The molecule has 0 spiro atoms. The number of fused-ring (bicyclic) bond motifs is 1. The Morgan fingerprint density at radius 2 is 2.04 bits per heavy atom. The number of rotatable bonds is 6. The van der Waals surface area contributed by atoms with Gasteiger partial charge in [-0.25, -0.2) is 4.99 Å². The molecule has 2 aliphatic rings. The van der Waals surface area contributed by atoms with E-state index in [2.05, 4.69) is 39.2 Å². The molecule has 1 fully saturated rings. The number of hydrogen-bond donors (Lipinski definition) is 2. The highest BCUT2D eigenvalue weighted by atomic mass is 15.3. The molecule has 23 heavy (non-hydrogen) atoms. The van der Waals surface area contributed by atoms with Crippen LogP contribution in [0, 0.1) is 5.41 Å². The Labute approximate surface area is 139 Å². The van der Waals surface area contributed by atoms with E-state index in [4.69, 9.17) is 4.99 Å². The standard InChI is InChI=1S/C17H30N6/c1-3-17(9-7-10-17)13-20-16(18-4-2)19-12-15-22-21-14-8-5-6-11-23(14)15/h3-13H2,1-2H3,(H2,18,19,20). The Hall–Kier alpha value is -1.59. The van der Waals surface area contributed by atoms with E-state index in [0.29, 0.717) is 12.0 Å². The monoisotopic (exact) mass is 318 g/mol. The van der Waals surface area contributed by atoms with Crippen LogP contribution < -0.4 is 10.6 Å². The van der Waals surface area contributed by atoms with Crippen LogP contribution in [0.1, 0.15) is 64.0 Å². The molecule has 0 saturated heterocycles. The number of aryl methyl sites for hydroxylation is 1. The number of aliphatic imine (C=N–C) groups is 1. The lowest BCUT2D eigenvalue weighted by Gasteiger charge is -2.41. The van der Waals surface area contributed by atoms with E-state index in [1.165, 1.54) is 38.5 Å². The molecule has 1 aliphatic carbocycles. The summed E-state index contributed by atoms with van der Waals surface area (Å²) in [5.74, 6) is 3.02. The van der Waals surface area contributed by atoms with Gasteiger partial charge in [0.25, 0.3) is 0 Å². The maximum absolute atomic E-state index is 4.73. The lowest BCUT2D eigenvalue weighted by Crippen LogP contribution is -2.46. The molecule has 0 bridgehead atoms. The van der Waals surface area contributed by atoms with Crippen molar-refractivity contribution in [2.75, 3.05) is 13.1 Å². The zero-order valence-corrected chi connectivity index (χ0v) is 14.6. The summed E-state index contributed by atoms with van der Waals surface area (Å²) in [7, 11) is 0. The first-order valence-corrected chi connectivity index (χ1v) is 9.19. The molecule has 128 valence electrons. The number of nitrogens with one attached hydrogen (secondary N) is 2. The second-order valence-corrected chi connectivity index (χ2v) is 6.90. The van der Waals surface area contributed by atoms with Gasteiger partial charge >= 0.3 is 0 Å². The number of guanidine groups is 1. The van der Waals surface area contributed by atoms with E-state index in [9.17, 15) is 0 Å². The van der Waals surface area contributed by atoms with Crippen LogP contribution in [0.5, 0.6) is 0 Å². The van der Waals surface area contributed by atoms with E-state index < -0.39 is 0 Å². The van der Waals surface area contributed by atoms with Gasteiger partial charge in [0.05, 0.1) is 0 Å². The molecule has 0 unspecified atom stereocenters. The zero-order chi connectivity index (χ0) is 16.1. The molecule has 6 heteroatoms. The lowest BCUT2D eigenvalue weighted by molar-refractivity contribution is 0.131. The van der Waals surface area contributed by atoms with E-state index in [-0.39, 0.29) is 0 Å². The van der Waals surface area contributed by atoms with Crippen molar-refractivity contribution in [1.82, 2.24) is 25.4 Å². The molecule has 1 aliphatic heterocycles. The molecule has 0 aromatic carbocycles. The third-order valence-corrected chi connectivity index (χ3v) is 5.45. The Bertz CT molecular complexity index is 538. The van der Waals surface area contributed by atoms with Crippen LogP contribution in [0.2, 0.25) is 0 Å². The van der Waals surface area contributed by atoms with Crippen LogP contribution in [-0.4, -0.2) is 33.8 Å². The average Bonchev–Trinajstić information content (AvgIpc) is 2.95. The molecular formula is C17H30N6. The fourth-order valence-electron chi connectivity index (χ4n) is 3.58.